The van der Waals surface area contributed by atoms with E-state index in [2.05, 4.69) is 15.3 Å². The van der Waals surface area contributed by atoms with E-state index in [4.69, 9.17) is 9.47 Å². The maximum Gasteiger partial charge on any atom is 0.147 e. The summed E-state index contributed by atoms with van der Waals surface area (Å²) >= 11 is 0. The maximum absolute atomic E-state index is 5.29. The second-order valence-electron chi connectivity index (χ2n) is 3.58. The highest BCUT2D eigenvalue weighted by molar-refractivity contribution is 5.59. The second-order valence-corrected chi connectivity index (χ2v) is 3.58. The molecular weight excluding hydrogens is 230 g/mol. The van der Waals surface area contributed by atoms with Crippen molar-refractivity contribution in [1.29, 1.82) is 0 Å². The van der Waals surface area contributed by atoms with Gasteiger partial charge in [-0.15, -0.1) is 0 Å². The SMILES string of the molecule is COc1ccc(NCc2ncccn2)c(OC)c1. The number of hydrogen-bond acceptors (Lipinski definition) is 5. The quantitative estimate of drug-likeness (QED) is 0.874. The van der Waals surface area contributed by atoms with Crippen molar-refractivity contribution in [1.82, 2.24) is 9.97 Å². The lowest BCUT2D eigenvalue weighted by Gasteiger charge is -2.11. The molecule has 0 aliphatic heterocycles. The van der Waals surface area contributed by atoms with Crippen molar-refractivity contribution in [2.24, 2.45) is 0 Å². The minimum atomic E-state index is 0.545. The molecule has 0 fully saturated rings. The lowest BCUT2D eigenvalue weighted by atomic mass is 10.2. The molecule has 5 nitrogen and oxygen atoms in total. The van der Waals surface area contributed by atoms with Crippen molar-refractivity contribution >= 4 is 5.69 Å². The molecule has 2 rings (SSSR count). The lowest BCUT2D eigenvalue weighted by molar-refractivity contribution is 0.395. The molecule has 1 aromatic carbocycles. The summed E-state index contributed by atoms with van der Waals surface area (Å²) in [6.07, 6.45) is 3.44. The zero-order chi connectivity index (χ0) is 12.8. The Morgan fingerprint density at radius 3 is 2.56 bits per heavy atom. The van der Waals surface area contributed by atoms with E-state index < -0.39 is 0 Å². The van der Waals surface area contributed by atoms with Crippen LogP contribution in [0.5, 0.6) is 11.5 Å². The number of anilines is 1. The van der Waals surface area contributed by atoms with Gasteiger partial charge in [0.15, 0.2) is 0 Å². The van der Waals surface area contributed by atoms with Gasteiger partial charge < -0.3 is 14.8 Å². The molecule has 2 aromatic rings. The van der Waals surface area contributed by atoms with Gasteiger partial charge in [0.1, 0.15) is 17.3 Å². The Hall–Kier alpha value is -2.30. The first kappa shape index (κ1) is 12.2. The van der Waals surface area contributed by atoms with Crippen LogP contribution in [0.1, 0.15) is 5.82 Å². The molecule has 1 N–H and O–H groups in total. The summed E-state index contributed by atoms with van der Waals surface area (Å²) in [5.41, 5.74) is 0.880. The zero-order valence-corrected chi connectivity index (χ0v) is 10.4. The first-order valence-corrected chi connectivity index (χ1v) is 5.55. The molecule has 0 atom stereocenters. The molecule has 1 aromatic heterocycles. The predicted molar refractivity (Wildman–Crippen MR) is 68.9 cm³/mol. The fourth-order valence-corrected chi connectivity index (χ4v) is 1.54. The average molecular weight is 245 g/mol. The van der Waals surface area contributed by atoms with Crippen LogP contribution in [0.4, 0.5) is 5.69 Å². The zero-order valence-electron chi connectivity index (χ0n) is 10.4. The van der Waals surface area contributed by atoms with Gasteiger partial charge in [-0.1, -0.05) is 0 Å². The summed E-state index contributed by atoms with van der Waals surface area (Å²) in [7, 11) is 3.25. The van der Waals surface area contributed by atoms with Crippen LogP contribution in [0.15, 0.2) is 36.7 Å². The average Bonchev–Trinajstić information content (AvgIpc) is 2.46. The second kappa shape index (κ2) is 5.86. The Morgan fingerprint density at radius 2 is 1.89 bits per heavy atom. The largest absolute Gasteiger partial charge is 0.497 e. The summed E-state index contributed by atoms with van der Waals surface area (Å²) in [6, 6.07) is 7.39. The van der Waals surface area contributed by atoms with Gasteiger partial charge in [-0.05, 0) is 18.2 Å². The van der Waals surface area contributed by atoms with E-state index in [1.807, 2.05) is 18.2 Å². The Morgan fingerprint density at radius 1 is 1.11 bits per heavy atom. The number of methoxy groups -OCH3 is 2. The summed E-state index contributed by atoms with van der Waals surface area (Å²) in [6.45, 7) is 0.545. The molecule has 0 aliphatic carbocycles. The van der Waals surface area contributed by atoms with E-state index in [1.54, 1.807) is 32.7 Å². The van der Waals surface area contributed by atoms with E-state index >= 15 is 0 Å². The monoisotopic (exact) mass is 245 g/mol. The molecule has 0 saturated heterocycles. The van der Waals surface area contributed by atoms with Crippen LogP contribution < -0.4 is 14.8 Å². The van der Waals surface area contributed by atoms with Crippen molar-refractivity contribution in [3.05, 3.63) is 42.5 Å². The molecule has 0 unspecified atom stereocenters. The van der Waals surface area contributed by atoms with Crippen molar-refractivity contribution in [3.63, 3.8) is 0 Å². The van der Waals surface area contributed by atoms with E-state index in [0.29, 0.717) is 6.54 Å². The van der Waals surface area contributed by atoms with Gasteiger partial charge in [-0.3, -0.25) is 0 Å². The van der Waals surface area contributed by atoms with E-state index in [-0.39, 0.29) is 0 Å². The fraction of sp³-hybridized carbons (Fsp3) is 0.231. The smallest absolute Gasteiger partial charge is 0.147 e. The van der Waals surface area contributed by atoms with Gasteiger partial charge in [-0.25, -0.2) is 9.97 Å². The van der Waals surface area contributed by atoms with E-state index in [1.165, 1.54) is 0 Å². The highest BCUT2D eigenvalue weighted by Gasteiger charge is 2.05. The van der Waals surface area contributed by atoms with Crippen LogP contribution >= 0.6 is 0 Å². The maximum atomic E-state index is 5.29. The van der Waals surface area contributed by atoms with Gasteiger partial charge in [-0.2, -0.15) is 0 Å². The number of aromatic nitrogens is 2. The van der Waals surface area contributed by atoms with Gasteiger partial charge >= 0.3 is 0 Å². The Kier molecular flexibility index (Phi) is 3.96. The fourth-order valence-electron chi connectivity index (χ4n) is 1.54. The lowest BCUT2D eigenvalue weighted by Crippen LogP contribution is -2.04. The molecule has 0 radical (unpaired) electrons. The molecule has 94 valence electrons. The van der Waals surface area contributed by atoms with Gasteiger partial charge in [0.05, 0.1) is 26.5 Å². The van der Waals surface area contributed by atoms with Crippen molar-refractivity contribution in [3.8, 4) is 11.5 Å². The molecular formula is C13H15N3O2. The standard InChI is InChI=1S/C13H15N3O2/c1-17-10-4-5-11(12(8-10)18-2)16-9-13-14-6-3-7-15-13/h3-8,16H,9H2,1-2H3. The number of nitrogens with zero attached hydrogens (tertiary/aromatic N) is 2. The molecule has 5 heteroatoms. The number of ether oxygens (including phenoxy) is 2. The number of hydrogen-bond donors (Lipinski definition) is 1. The Bertz CT molecular complexity index is 503. The third kappa shape index (κ3) is 2.88. The number of rotatable bonds is 5. The Balaban J connectivity index is 2.09. The van der Waals surface area contributed by atoms with Crippen LogP contribution in [0.25, 0.3) is 0 Å². The topological polar surface area (TPSA) is 56.3 Å². The van der Waals surface area contributed by atoms with Crippen molar-refractivity contribution in [2.75, 3.05) is 19.5 Å². The normalized spacial score (nSPS) is 9.89. The minimum absolute atomic E-state index is 0.545. The number of benzene rings is 1. The first-order chi connectivity index (χ1) is 8.83. The van der Waals surface area contributed by atoms with Crippen LogP contribution in [0.2, 0.25) is 0 Å². The van der Waals surface area contributed by atoms with Crippen LogP contribution in [-0.4, -0.2) is 24.2 Å². The summed E-state index contributed by atoms with van der Waals surface area (Å²) < 4.78 is 10.4. The molecule has 0 aliphatic rings. The highest BCUT2D eigenvalue weighted by atomic mass is 16.5. The summed E-state index contributed by atoms with van der Waals surface area (Å²) in [5.74, 6) is 2.22. The van der Waals surface area contributed by atoms with Crippen LogP contribution in [0.3, 0.4) is 0 Å². The molecule has 0 saturated carbocycles. The molecule has 18 heavy (non-hydrogen) atoms. The third-order valence-corrected chi connectivity index (χ3v) is 2.46. The van der Waals surface area contributed by atoms with Gasteiger partial charge in [0.2, 0.25) is 0 Å². The van der Waals surface area contributed by atoms with E-state index in [0.717, 1.165) is 23.0 Å². The summed E-state index contributed by atoms with van der Waals surface area (Å²) in [4.78, 5) is 8.29. The number of nitrogens with one attached hydrogen (secondary N) is 1. The molecule has 0 amide bonds. The highest BCUT2D eigenvalue weighted by Crippen LogP contribution is 2.29. The van der Waals surface area contributed by atoms with Crippen LogP contribution in [0, 0.1) is 0 Å². The molecule has 0 bridgehead atoms. The minimum Gasteiger partial charge on any atom is -0.497 e. The van der Waals surface area contributed by atoms with Crippen molar-refractivity contribution < 1.29 is 9.47 Å². The van der Waals surface area contributed by atoms with Crippen molar-refractivity contribution in [2.45, 2.75) is 6.54 Å². The first-order valence-electron chi connectivity index (χ1n) is 5.55. The van der Waals surface area contributed by atoms with E-state index in [9.17, 15) is 0 Å². The molecule has 0 spiro atoms. The summed E-state index contributed by atoms with van der Waals surface area (Å²) in [5, 5.41) is 3.23. The van der Waals surface area contributed by atoms with Gasteiger partial charge in [0.25, 0.3) is 0 Å². The van der Waals surface area contributed by atoms with Crippen LogP contribution in [-0.2, 0) is 6.54 Å². The Labute approximate surface area is 106 Å². The van der Waals surface area contributed by atoms with Gasteiger partial charge in [0, 0.05) is 18.5 Å². The third-order valence-electron chi connectivity index (χ3n) is 2.46. The predicted octanol–water partition coefficient (Wildman–Crippen LogP) is 2.11. The molecule has 1 heterocycles.